The zero-order chi connectivity index (χ0) is 45.7. The number of allylic oxidation sites excluding steroid dienone is 17. The van der Waals surface area contributed by atoms with E-state index in [-0.39, 0.29) is 12.5 Å². The van der Waals surface area contributed by atoms with Crippen LogP contribution >= 0.6 is 7.82 Å². The maximum absolute atomic E-state index is 12.9. The predicted molar refractivity (Wildman–Crippen MR) is 265 cm³/mol. The quantitative estimate of drug-likeness (QED) is 0.0274. The Morgan fingerprint density at radius 2 is 1.00 bits per heavy atom. The lowest BCUT2D eigenvalue weighted by molar-refractivity contribution is -0.870. The summed E-state index contributed by atoms with van der Waals surface area (Å²) in [5.74, 6) is -0.224. The highest BCUT2D eigenvalue weighted by atomic mass is 31.2. The number of hydrogen-bond donors (Lipinski definition) is 2. The van der Waals surface area contributed by atoms with Crippen LogP contribution in [0.2, 0.25) is 0 Å². The molecule has 0 aliphatic heterocycles. The van der Waals surface area contributed by atoms with Crippen LogP contribution in [0.25, 0.3) is 0 Å². The fourth-order valence-corrected chi connectivity index (χ4v) is 6.86. The molecule has 0 bridgehead atoms. The number of quaternary nitrogens is 1. The molecule has 0 radical (unpaired) electrons. The van der Waals surface area contributed by atoms with Crippen LogP contribution < -0.4 is 10.2 Å². The van der Waals surface area contributed by atoms with Gasteiger partial charge in [-0.2, -0.15) is 0 Å². The van der Waals surface area contributed by atoms with Crippen LogP contribution in [0.15, 0.2) is 109 Å². The molecule has 0 aromatic carbocycles. The molecule has 0 aliphatic carbocycles. The fourth-order valence-electron chi connectivity index (χ4n) is 6.13. The second kappa shape index (κ2) is 43.4. The number of carbonyl (C=O) groups is 1. The number of rotatable bonds is 42. The van der Waals surface area contributed by atoms with Gasteiger partial charge < -0.3 is 28.8 Å². The lowest BCUT2D eigenvalue weighted by Gasteiger charge is -2.29. The van der Waals surface area contributed by atoms with E-state index in [0.717, 1.165) is 109 Å². The van der Waals surface area contributed by atoms with Crippen LogP contribution in [0, 0.1) is 0 Å². The van der Waals surface area contributed by atoms with Crippen molar-refractivity contribution in [1.82, 2.24) is 5.32 Å². The summed E-state index contributed by atoms with van der Waals surface area (Å²) in [6.45, 7) is 4.39. The number of unbranched alkanes of at least 4 members (excludes halogenated alkanes) is 13. The third kappa shape index (κ3) is 45.2. The second-order valence-electron chi connectivity index (χ2n) is 17.1. The molecular weight excluding hydrogens is 792 g/mol. The van der Waals surface area contributed by atoms with Crippen LogP contribution in [-0.2, 0) is 18.4 Å². The standard InChI is InChI=1S/C53H91N2O6P/c1-6-8-10-12-14-16-18-19-20-21-22-23-24-25-26-27-28-29-30-31-32-33-34-35-37-39-41-43-45-47-53(57)54-51(50-61-62(58,59)60-49-48-55(3,4)5)52(56)46-44-42-40-38-36-17-15-13-11-9-7-2/h8,10-11,13-14,16,19-20,22-23,25-26,28-29,36,38,44,46,51-52,56H,6-7,9,12,15,17-18,21,24,27,30-35,37,39-43,45,47-50H2,1-5H3,(H-,54,57,58,59)/b10-8-,13-11+,16-14-,20-19-,23-22-,26-25-,29-28-,38-36+,46-44+. The van der Waals surface area contributed by atoms with Crippen molar-refractivity contribution in [2.45, 2.75) is 180 Å². The molecule has 3 atom stereocenters. The summed E-state index contributed by atoms with van der Waals surface area (Å²) in [7, 11) is 1.21. The van der Waals surface area contributed by atoms with Gasteiger partial charge in [-0.15, -0.1) is 0 Å². The highest BCUT2D eigenvalue weighted by Gasteiger charge is 2.23. The number of likely N-dealkylation sites (N-methyl/N-ethyl adjacent to an activating group) is 1. The van der Waals surface area contributed by atoms with E-state index in [4.69, 9.17) is 9.05 Å². The first-order chi connectivity index (χ1) is 30.0. The van der Waals surface area contributed by atoms with Gasteiger partial charge in [-0.25, -0.2) is 0 Å². The molecule has 0 aromatic heterocycles. The molecule has 0 aromatic rings. The molecule has 8 nitrogen and oxygen atoms in total. The van der Waals surface area contributed by atoms with Gasteiger partial charge >= 0.3 is 0 Å². The van der Waals surface area contributed by atoms with Gasteiger partial charge in [-0.3, -0.25) is 9.36 Å². The van der Waals surface area contributed by atoms with Gasteiger partial charge in [-0.1, -0.05) is 181 Å². The maximum Gasteiger partial charge on any atom is 0.268 e. The highest BCUT2D eigenvalue weighted by Crippen LogP contribution is 2.38. The summed E-state index contributed by atoms with van der Waals surface area (Å²) in [5.41, 5.74) is 0. The maximum atomic E-state index is 12.9. The van der Waals surface area contributed by atoms with Gasteiger partial charge in [0.1, 0.15) is 13.2 Å². The fraction of sp³-hybridized carbons (Fsp3) is 0.642. The average molecular weight is 883 g/mol. The molecule has 0 heterocycles. The number of hydrogen-bond acceptors (Lipinski definition) is 6. The minimum absolute atomic E-state index is 0.0158. The third-order valence-corrected chi connectivity index (χ3v) is 10.9. The molecule has 0 saturated carbocycles. The van der Waals surface area contributed by atoms with E-state index in [1.807, 2.05) is 27.2 Å². The van der Waals surface area contributed by atoms with Crippen LogP contribution in [0.5, 0.6) is 0 Å². The van der Waals surface area contributed by atoms with Crippen LogP contribution in [0.4, 0.5) is 0 Å². The zero-order valence-electron chi connectivity index (χ0n) is 40.0. The van der Waals surface area contributed by atoms with Crippen LogP contribution in [-0.4, -0.2) is 68.5 Å². The molecule has 0 spiro atoms. The van der Waals surface area contributed by atoms with Crippen molar-refractivity contribution in [2.75, 3.05) is 40.9 Å². The Balaban J connectivity index is 4.24. The summed E-state index contributed by atoms with van der Waals surface area (Å²) in [6, 6.07) is -0.918. The van der Waals surface area contributed by atoms with Crippen molar-refractivity contribution in [3.8, 4) is 0 Å². The van der Waals surface area contributed by atoms with E-state index in [1.165, 1.54) is 38.5 Å². The van der Waals surface area contributed by atoms with Gasteiger partial charge in [0.25, 0.3) is 7.82 Å². The Morgan fingerprint density at radius 3 is 1.48 bits per heavy atom. The molecule has 9 heteroatoms. The minimum Gasteiger partial charge on any atom is -0.756 e. The largest absolute Gasteiger partial charge is 0.756 e. The van der Waals surface area contributed by atoms with Gasteiger partial charge in [0, 0.05) is 6.42 Å². The normalized spacial score (nSPS) is 15.1. The molecule has 354 valence electrons. The predicted octanol–water partition coefficient (Wildman–Crippen LogP) is 13.4. The molecule has 0 rings (SSSR count). The Bertz CT molecular complexity index is 1370. The lowest BCUT2D eigenvalue weighted by atomic mass is 10.0. The SMILES string of the molecule is CC/C=C\C/C=C\C/C=C\C/C=C\C/C=C\C/C=C\CCCCCCCCCCCCC(=O)NC(COP(=O)([O-])OCC[N+](C)(C)C)C(O)/C=C/CC/C=C/CC/C=C/CCC. The van der Waals surface area contributed by atoms with E-state index < -0.39 is 26.6 Å². The number of phosphoric acid groups is 1. The van der Waals surface area contributed by atoms with Crippen molar-refractivity contribution in [1.29, 1.82) is 0 Å². The Morgan fingerprint density at radius 1 is 0.581 bits per heavy atom. The topological polar surface area (TPSA) is 108 Å². The zero-order valence-corrected chi connectivity index (χ0v) is 40.9. The molecule has 0 fully saturated rings. The van der Waals surface area contributed by atoms with E-state index in [0.29, 0.717) is 17.4 Å². The summed E-state index contributed by atoms with van der Waals surface area (Å²) in [4.78, 5) is 25.3. The smallest absolute Gasteiger partial charge is 0.268 e. The lowest BCUT2D eigenvalue weighted by Crippen LogP contribution is -2.45. The Kier molecular flexibility index (Phi) is 41.4. The van der Waals surface area contributed by atoms with Crippen molar-refractivity contribution in [3.63, 3.8) is 0 Å². The number of phosphoric ester groups is 1. The van der Waals surface area contributed by atoms with Crippen molar-refractivity contribution in [3.05, 3.63) is 109 Å². The number of aliphatic hydroxyl groups excluding tert-OH is 1. The molecule has 0 saturated heterocycles. The van der Waals surface area contributed by atoms with Crippen LogP contribution in [0.1, 0.15) is 168 Å². The second-order valence-corrected chi connectivity index (χ2v) is 18.5. The third-order valence-electron chi connectivity index (χ3n) is 9.93. The van der Waals surface area contributed by atoms with Gasteiger partial charge in [0.05, 0.1) is 39.9 Å². The number of nitrogens with zero attached hydrogens (tertiary/aromatic N) is 1. The molecule has 1 amide bonds. The summed E-state index contributed by atoms with van der Waals surface area (Å²) < 4.78 is 23.2. The first-order valence-electron chi connectivity index (χ1n) is 24.2. The molecule has 62 heavy (non-hydrogen) atoms. The first kappa shape index (κ1) is 59.2. The van der Waals surface area contributed by atoms with E-state index in [9.17, 15) is 19.4 Å². The monoisotopic (exact) mass is 883 g/mol. The van der Waals surface area contributed by atoms with Gasteiger partial charge in [0.2, 0.25) is 5.91 Å². The number of amides is 1. The van der Waals surface area contributed by atoms with Crippen LogP contribution in [0.3, 0.4) is 0 Å². The summed E-state index contributed by atoms with van der Waals surface area (Å²) in [5, 5.41) is 13.7. The highest BCUT2D eigenvalue weighted by molar-refractivity contribution is 7.45. The molecule has 3 unspecified atom stereocenters. The van der Waals surface area contributed by atoms with E-state index in [2.05, 4.69) is 116 Å². The van der Waals surface area contributed by atoms with Crippen molar-refractivity contribution < 1.29 is 32.9 Å². The van der Waals surface area contributed by atoms with Gasteiger partial charge in [-0.05, 0) is 89.9 Å². The Hall–Kier alpha value is -2.84. The number of carbonyl (C=O) groups excluding carboxylic acids is 1. The molecular formula is C53H91N2O6P. The van der Waals surface area contributed by atoms with Crippen molar-refractivity contribution >= 4 is 13.7 Å². The van der Waals surface area contributed by atoms with E-state index >= 15 is 0 Å². The molecule has 2 N–H and O–H groups in total. The van der Waals surface area contributed by atoms with Crippen molar-refractivity contribution in [2.24, 2.45) is 0 Å². The summed E-state index contributed by atoms with van der Waals surface area (Å²) >= 11 is 0. The van der Waals surface area contributed by atoms with E-state index in [1.54, 1.807) is 6.08 Å². The van der Waals surface area contributed by atoms with Gasteiger partial charge in [0.15, 0.2) is 0 Å². The first-order valence-corrected chi connectivity index (χ1v) is 25.7. The molecule has 0 aliphatic rings. The minimum atomic E-state index is -4.61. The number of aliphatic hydroxyl groups is 1. The number of nitrogens with one attached hydrogen (secondary N) is 1. The Labute approximate surface area is 381 Å². The summed E-state index contributed by atoms with van der Waals surface area (Å²) in [6.07, 6.45) is 63.0. The average Bonchev–Trinajstić information content (AvgIpc) is 3.23.